The van der Waals surface area contributed by atoms with Crippen LogP contribution in [0.2, 0.25) is 0 Å². The molecule has 4 aromatic carbocycles. The summed E-state index contributed by atoms with van der Waals surface area (Å²) in [7, 11) is -3.06. The van der Waals surface area contributed by atoms with E-state index in [0.717, 1.165) is 0 Å². The summed E-state index contributed by atoms with van der Waals surface area (Å²) in [5.41, 5.74) is 2.14. The molecule has 1 aliphatic rings. The van der Waals surface area contributed by atoms with Gasteiger partial charge in [0.15, 0.2) is 11.1 Å². The molecule has 0 saturated carbocycles. The molecule has 2 aromatic heterocycles. The fraction of sp³-hybridized carbons (Fsp3) is 0.156. The summed E-state index contributed by atoms with van der Waals surface area (Å²) in [6.07, 6.45) is 3.06. The minimum absolute atomic E-state index is 0.134. The molecule has 1 atom stereocenters. The van der Waals surface area contributed by atoms with Crippen molar-refractivity contribution in [3.05, 3.63) is 77.9 Å². The van der Waals surface area contributed by atoms with Gasteiger partial charge in [-0.1, -0.05) is 53.6 Å². The number of nitrogens with one attached hydrogen (secondary N) is 2. The van der Waals surface area contributed by atoms with Gasteiger partial charge in [-0.05, 0) is 41.5 Å². The minimum Gasteiger partial charge on any atom is -0.378 e. The van der Waals surface area contributed by atoms with E-state index in [0.29, 0.717) is 88.2 Å². The number of hydrogen-bond acceptors (Lipinski definition) is 16. The molecule has 3 heterocycles. The highest BCUT2D eigenvalue weighted by Crippen LogP contribution is 2.32. The van der Waals surface area contributed by atoms with Gasteiger partial charge in [-0.15, -0.1) is 14.5 Å². The molecule has 1 fully saturated rings. The van der Waals surface area contributed by atoms with Crippen LogP contribution in [0.5, 0.6) is 0 Å². The molecule has 0 spiro atoms. The van der Waals surface area contributed by atoms with Crippen LogP contribution in [0.3, 0.4) is 0 Å². The van der Waals surface area contributed by atoms with Gasteiger partial charge >= 0.3 is 0 Å². The lowest BCUT2D eigenvalue weighted by Crippen LogP contribution is -2.37. The van der Waals surface area contributed by atoms with Gasteiger partial charge in [-0.3, -0.25) is 4.55 Å². The second kappa shape index (κ2) is 15.5. The van der Waals surface area contributed by atoms with E-state index in [1.807, 2.05) is 4.90 Å². The molecule has 0 amide bonds. The van der Waals surface area contributed by atoms with Crippen molar-refractivity contribution in [2.75, 3.05) is 48.9 Å². The van der Waals surface area contributed by atoms with Gasteiger partial charge in [0.25, 0.3) is 10.1 Å². The number of rotatable bonds is 12. The number of fused-ring (bicyclic) bond motifs is 3. The number of aromatic nitrogens is 6. The number of anilines is 4. The molecule has 0 radical (unpaired) electrons. The van der Waals surface area contributed by atoms with Gasteiger partial charge in [0.1, 0.15) is 15.9 Å². The highest BCUT2D eigenvalue weighted by molar-refractivity contribution is 7.94. The fourth-order valence-corrected chi connectivity index (χ4v) is 7.39. The second-order valence-corrected chi connectivity index (χ2v) is 14.4. The van der Waals surface area contributed by atoms with Gasteiger partial charge in [-0.25, -0.2) is 9.47 Å². The number of morpholine rings is 1. The quantitative estimate of drug-likeness (QED) is 0.0280. The standard InChI is InChI=1S/C32H29N9O9S3/c1-33-30-35-31(37-32(36-30)40-12-14-48-15-13-40)34-21-10-8-19(26(16-21)51-50-49-42)6-7-20-9-11-22(17-28(20)53(45,46)47)41-38-25-18-27(52(43)44)23-4-2-3-5-24(23)29(25)39-41/h2-11,16-18,42H,12-15H2,1H3,(H,43,44)(H,45,46,47)(H2,33,34,35,36,37). The van der Waals surface area contributed by atoms with Crippen molar-refractivity contribution >= 4 is 90.7 Å². The third-order valence-corrected chi connectivity index (χ3v) is 10.3. The lowest BCUT2D eigenvalue weighted by molar-refractivity contribution is -0.432. The molecule has 1 aliphatic heterocycles. The molecule has 1 saturated heterocycles. The van der Waals surface area contributed by atoms with Gasteiger partial charge in [0.05, 0.1) is 35.8 Å². The number of hydrogen-bond donors (Lipinski definition) is 5. The molecular formula is C32H29N9O9S3. The highest BCUT2D eigenvalue weighted by atomic mass is 32.2. The molecule has 18 nitrogen and oxygen atoms in total. The maximum Gasteiger partial charge on any atom is 0.295 e. The van der Waals surface area contributed by atoms with Gasteiger partial charge in [0.2, 0.25) is 17.8 Å². The summed E-state index contributed by atoms with van der Waals surface area (Å²) in [6, 6.07) is 17.7. The van der Waals surface area contributed by atoms with Crippen LogP contribution in [0.25, 0.3) is 39.6 Å². The topological polar surface area (TPSA) is 236 Å². The van der Waals surface area contributed by atoms with Crippen molar-refractivity contribution in [2.45, 2.75) is 14.7 Å². The summed E-state index contributed by atoms with van der Waals surface area (Å²) in [5.74, 6) is 1.09. The Morgan fingerprint density at radius 2 is 1.68 bits per heavy atom. The van der Waals surface area contributed by atoms with E-state index < -0.39 is 26.1 Å². The van der Waals surface area contributed by atoms with Crippen molar-refractivity contribution in [1.29, 1.82) is 0 Å². The number of nitrogens with zero attached hydrogens (tertiary/aromatic N) is 7. The molecule has 7 rings (SSSR count). The zero-order chi connectivity index (χ0) is 37.1. The lowest BCUT2D eigenvalue weighted by Gasteiger charge is -2.27. The molecule has 0 bridgehead atoms. The molecule has 274 valence electrons. The SMILES string of the molecule is CNc1nc(Nc2ccc(C=Cc3ccc(-n4nc5cc(S(=O)O)c6ccccc6c5n4)cc3S(=O)(=O)O)c(SOOO)c2)nc(N2CCOCC2)n1. The van der Waals surface area contributed by atoms with E-state index in [-0.39, 0.29) is 22.1 Å². The van der Waals surface area contributed by atoms with Crippen LogP contribution in [-0.4, -0.2) is 90.3 Å². The van der Waals surface area contributed by atoms with E-state index >= 15 is 0 Å². The minimum atomic E-state index is -4.76. The molecule has 21 heteroatoms. The van der Waals surface area contributed by atoms with Crippen molar-refractivity contribution in [1.82, 2.24) is 29.9 Å². The monoisotopic (exact) mass is 779 g/mol. The van der Waals surface area contributed by atoms with Crippen LogP contribution in [-0.2, 0) is 35.3 Å². The van der Waals surface area contributed by atoms with Crippen LogP contribution in [0.4, 0.5) is 23.5 Å². The molecule has 6 aromatic rings. The van der Waals surface area contributed by atoms with E-state index in [2.05, 4.69) is 40.8 Å². The Morgan fingerprint density at radius 1 is 0.943 bits per heavy atom. The zero-order valence-electron chi connectivity index (χ0n) is 27.5. The Hall–Kier alpha value is -5.10. The average Bonchev–Trinajstić information content (AvgIpc) is 3.61. The summed E-state index contributed by atoms with van der Waals surface area (Å²) in [5, 5.41) is 28.8. The molecule has 0 aliphatic carbocycles. The maximum absolute atomic E-state index is 12.6. The van der Waals surface area contributed by atoms with Crippen LogP contribution >= 0.6 is 12.0 Å². The first-order chi connectivity index (χ1) is 25.6. The highest BCUT2D eigenvalue weighted by Gasteiger charge is 2.20. The van der Waals surface area contributed by atoms with E-state index in [1.54, 1.807) is 61.7 Å². The molecule has 5 N–H and O–H groups in total. The van der Waals surface area contributed by atoms with E-state index in [4.69, 9.17) is 14.3 Å². The fourth-order valence-electron chi connectivity index (χ4n) is 5.60. The first-order valence-electron chi connectivity index (χ1n) is 15.6. The zero-order valence-corrected chi connectivity index (χ0v) is 29.9. The summed E-state index contributed by atoms with van der Waals surface area (Å²) >= 11 is -1.61. The Labute approximate surface area is 307 Å². The predicted octanol–water partition coefficient (Wildman–Crippen LogP) is 4.81. The lowest BCUT2D eigenvalue weighted by atomic mass is 10.1. The molecule has 1 unspecified atom stereocenters. The third-order valence-electron chi connectivity index (χ3n) is 8.06. The van der Waals surface area contributed by atoms with Gasteiger partial charge in [0, 0.05) is 41.5 Å². The second-order valence-electron chi connectivity index (χ2n) is 11.3. The van der Waals surface area contributed by atoms with Crippen molar-refractivity contribution in [3.63, 3.8) is 0 Å². The average molecular weight is 780 g/mol. The van der Waals surface area contributed by atoms with Crippen molar-refractivity contribution < 1.29 is 41.1 Å². The predicted molar refractivity (Wildman–Crippen MR) is 197 cm³/mol. The summed E-state index contributed by atoms with van der Waals surface area (Å²) in [6.45, 7) is 2.35. The Bertz CT molecular complexity index is 2490. The molecule has 53 heavy (non-hydrogen) atoms. The smallest absolute Gasteiger partial charge is 0.295 e. The number of benzene rings is 4. The van der Waals surface area contributed by atoms with Crippen molar-refractivity contribution in [2.24, 2.45) is 0 Å². The van der Waals surface area contributed by atoms with Crippen molar-refractivity contribution in [3.8, 4) is 5.69 Å². The van der Waals surface area contributed by atoms with E-state index in [9.17, 15) is 21.7 Å². The number of ether oxygens (including phenoxy) is 1. The van der Waals surface area contributed by atoms with Gasteiger partial charge < -0.3 is 24.8 Å². The summed E-state index contributed by atoms with van der Waals surface area (Å²) < 4.78 is 67.5. The third kappa shape index (κ3) is 7.97. The largest absolute Gasteiger partial charge is 0.378 e. The van der Waals surface area contributed by atoms with Crippen LogP contribution in [0.1, 0.15) is 11.1 Å². The first kappa shape index (κ1) is 36.3. The van der Waals surface area contributed by atoms with E-state index in [1.165, 1.54) is 29.1 Å². The summed E-state index contributed by atoms with van der Waals surface area (Å²) in [4.78, 5) is 16.7. The normalized spacial score (nSPS) is 14.3. The van der Waals surface area contributed by atoms with Gasteiger partial charge in [-0.2, -0.15) is 28.2 Å². The van der Waals surface area contributed by atoms with Crippen LogP contribution in [0.15, 0.2) is 81.4 Å². The molecular weight excluding hydrogens is 751 g/mol. The van der Waals surface area contributed by atoms with Crippen LogP contribution in [0, 0.1) is 0 Å². The first-order valence-corrected chi connectivity index (χ1v) is 18.9. The Morgan fingerprint density at radius 3 is 2.42 bits per heavy atom. The maximum atomic E-state index is 12.6. The Balaban J connectivity index is 1.20. The van der Waals surface area contributed by atoms with Crippen LogP contribution < -0.4 is 15.5 Å². The Kier molecular flexibility index (Phi) is 10.6.